The molecule has 0 bridgehead atoms. The number of aliphatic hydroxyl groups is 1. The molecule has 0 spiro atoms. The van der Waals surface area contributed by atoms with Crippen LogP contribution >= 0.6 is 15.9 Å². The van der Waals surface area contributed by atoms with Gasteiger partial charge in [-0.3, -0.25) is 4.98 Å². The van der Waals surface area contributed by atoms with Gasteiger partial charge in [0, 0.05) is 23.0 Å². The molecule has 3 heteroatoms. The van der Waals surface area contributed by atoms with Crippen molar-refractivity contribution in [3.05, 3.63) is 28.5 Å². The molecule has 1 N–H and O–H groups in total. The van der Waals surface area contributed by atoms with Gasteiger partial charge in [0.2, 0.25) is 0 Å². The summed E-state index contributed by atoms with van der Waals surface area (Å²) in [5.74, 6) is 0. The molecule has 1 aliphatic carbocycles. The lowest BCUT2D eigenvalue weighted by Gasteiger charge is -2.40. The molecule has 0 aliphatic heterocycles. The first-order chi connectivity index (χ1) is 6.74. The Balaban J connectivity index is 2.06. The zero-order valence-electron chi connectivity index (χ0n) is 8.04. The summed E-state index contributed by atoms with van der Waals surface area (Å²) in [6.45, 7) is 0.296. The van der Waals surface area contributed by atoms with Gasteiger partial charge in [-0.25, -0.2) is 0 Å². The Morgan fingerprint density at radius 1 is 1.43 bits per heavy atom. The lowest BCUT2D eigenvalue weighted by Crippen LogP contribution is -2.35. The summed E-state index contributed by atoms with van der Waals surface area (Å²) >= 11 is 3.36. The lowest BCUT2D eigenvalue weighted by atomic mass is 9.66. The fraction of sp³-hybridized carbons (Fsp3) is 0.545. The van der Waals surface area contributed by atoms with E-state index in [-0.39, 0.29) is 5.41 Å². The van der Waals surface area contributed by atoms with E-state index < -0.39 is 0 Å². The van der Waals surface area contributed by atoms with Gasteiger partial charge in [0.25, 0.3) is 0 Å². The van der Waals surface area contributed by atoms with Crippen molar-refractivity contribution in [2.45, 2.75) is 25.7 Å². The zero-order chi connectivity index (χ0) is 10.0. The number of nitrogens with zero attached hydrogens (tertiary/aromatic N) is 1. The van der Waals surface area contributed by atoms with E-state index >= 15 is 0 Å². The van der Waals surface area contributed by atoms with Crippen LogP contribution in [0, 0.1) is 5.41 Å². The van der Waals surface area contributed by atoms with Gasteiger partial charge in [-0.05, 0) is 52.7 Å². The van der Waals surface area contributed by atoms with E-state index in [1.54, 1.807) is 0 Å². The normalized spacial score (nSPS) is 19.0. The van der Waals surface area contributed by atoms with E-state index in [0.29, 0.717) is 6.61 Å². The molecule has 0 aromatic carbocycles. The molecule has 0 amide bonds. The Hall–Kier alpha value is -0.410. The Morgan fingerprint density at radius 3 is 2.64 bits per heavy atom. The van der Waals surface area contributed by atoms with Crippen molar-refractivity contribution in [2.75, 3.05) is 6.61 Å². The van der Waals surface area contributed by atoms with E-state index in [4.69, 9.17) is 0 Å². The average Bonchev–Trinajstić information content (AvgIpc) is 2.15. The first-order valence-corrected chi connectivity index (χ1v) is 5.75. The number of aliphatic hydroxyl groups excluding tert-OH is 1. The van der Waals surface area contributed by atoms with E-state index in [2.05, 4.69) is 20.9 Å². The zero-order valence-corrected chi connectivity index (χ0v) is 9.63. The van der Waals surface area contributed by atoms with E-state index in [9.17, 15) is 5.11 Å². The number of halogens is 1. The average molecular weight is 256 g/mol. The van der Waals surface area contributed by atoms with Crippen molar-refractivity contribution in [3.63, 3.8) is 0 Å². The third kappa shape index (κ3) is 1.98. The van der Waals surface area contributed by atoms with Gasteiger partial charge in [0.05, 0.1) is 0 Å². The fourth-order valence-corrected chi connectivity index (χ4v) is 2.20. The highest BCUT2D eigenvalue weighted by atomic mass is 79.9. The third-order valence-electron chi connectivity index (χ3n) is 3.09. The van der Waals surface area contributed by atoms with E-state index in [0.717, 1.165) is 29.4 Å². The second-order valence-electron chi connectivity index (χ2n) is 4.16. The van der Waals surface area contributed by atoms with Gasteiger partial charge in [-0.2, -0.15) is 0 Å². The van der Waals surface area contributed by atoms with Crippen LogP contribution in [0.15, 0.2) is 22.8 Å². The van der Waals surface area contributed by atoms with Crippen LogP contribution in [0.5, 0.6) is 0 Å². The quantitative estimate of drug-likeness (QED) is 0.901. The highest BCUT2D eigenvalue weighted by Gasteiger charge is 2.36. The van der Waals surface area contributed by atoms with Gasteiger partial charge < -0.3 is 5.11 Å². The van der Waals surface area contributed by atoms with Crippen molar-refractivity contribution in [1.82, 2.24) is 4.98 Å². The van der Waals surface area contributed by atoms with Crippen LogP contribution in [-0.2, 0) is 6.42 Å². The Kier molecular flexibility index (Phi) is 2.88. The van der Waals surface area contributed by atoms with Gasteiger partial charge in [-0.1, -0.05) is 6.42 Å². The maximum atomic E-state index is 9.32. The highest BCUT2D eigenvalue weighted by Crippen LogP contribution is 2.42. The number of pyridine rings is 1. The first kappa shape index (κ1) is 10.1. The summed E-state index contributed by atoms with van der Waals surface area (Å²) in [7, 11) is 0. The van der Waals surface area contributed by atoms with Crippen LogP contribution in [0.4, 0.5) is 0 Å². The Bertz CT molecular complexity index is 300. The summed E-state index contributed by atoms with van der Waals surface area (Å²) in [5, 5.41) is 9.32. The maximum Gasteiger partial charge on any atom is 0.0491 e. The second kappa shape index (κ2) is 3.99. The van der Waals surface area contributed by atoms with Crippen molar-refractivity contribution in [3.8, 4) is 0 Å². The number of hydrogen-bond donors (Lipinski definition) is 1. The minimum atomic E-state index is 0.140. The second-order valence-corrected chi connectivity index (χ2v) is 5.07. The molecular weight excluding hydrogens is 242 g/mol. The Morgan fingerprint density at radius 2 is 2.21 bits per heavy atom. The summed E-state index contributed by atoms with van der Waals surface area (Å²) < 4.78 is 1.01. The number of rotatable bonds is 3. The van der Waals surface area contributed by atoms with E-state index in [1.807, 2.05) is 18.3 Å². The predicted molar refractivity (Wildman–Crippen MR) is 59.0 cm³/mol. The molecule has 1 heterocycles. The highest BCUT2D eigenvalue weighted by molar-refractivity contribution is 9.10. The summed E-state index contributed by atoms with van der Waals surface area (Å²) in [5.41, 5.74) is 1.22. The van der Waals surface area contributed by atoms with Crippen molar-refractivity contribution in [2.24, 2.45) is 5.41 Å². The maximum absolute atomic E-state index is 9.32. The van der Waals surface area contributed by atoms with Crippen molar-refractivity contribution in [1.29, 1.82) is 0 Å². The molecule has 2 rings (SSSR count). The summed E-state index contributed by atoms with van der Waals surface area (Å²) in [6.07, 6.45) is 6.26. The van der Waals surface area contributed by atoms with Crippen molar-refractivity contribution < 1.29 is 5.11 Å². The molecule has 1 aromatic rings. The number of hydrogen-bond acceptors (Lipinski definition) is 2. The summed E-state index contributed by atoms with van der Waals surface area (Å²) in [6, 6.07) is 4.03. The lowest BCUT2D eigenvalue weighted by molar-refractivity contribution is 0.0441. The smallest absolute Gasteiger partial charge is 0.0491 e. The summed E-state index contributed by atoms with van der Waals surface area (Å²) in [4.78, 5) is 4.34. The van der Waals surface area contributed by atoms with Gasteiger partial charge in [0.1, 0.15) is 0 Å². The molecule has 1 fully saturated rings. The minimum absolute atomic E-state index is 0.140. The largest absolute Gasteiger partial charge is 0.396 e. The van der Waals surface area contributed by atoms with Gasteiger partial charge >= 0.3 is 0 Å². The monoisotopic (exact) mass is 255 g/mol. The third-order valence-corrected chi connectivity index (χ3v) is 3.56. The van der Waals surface area contributed by atoms with Crippen LogP contribution in [0.2, 0.25) is 0 Å². The number of aromatic nitrogens is 1. The van der Waals surface area contributed by atoms with E-state index in [1.165, 1.54) is 6.42 Å². The van der Waals surface area contributed by atoms with Gasteiger partial charge in [-0.15, -0.1) is 0 Å². The van der Waals surface area contributed by atoms with Crippen LogP contribution in [0.3, 0.4) is 0 Å². The molecule has 0 unspecified atom stereocenters. The SMILES string of the molecule is OCC1(Cc2ccc(Br)cn2)CCC1. The first-order valence-electron chi connectivity index (χ1n) is 4.95. The van der Waals surface area contributed by atoms with Crippen molar-refractivity contribution >= 4 is 15.9 Å². The Labute approximate surface area is 92.5 Å². The molecular formula is C11H14BrNO. The minimum Gasteiger partial charge on any atom is -0.396 e. The molecule has 0 atom stereocenters. The molecule has 1 saturated carbocycles. The fourth-order valence-electron chi connectivity index (χ4n) is 1.96. The van der Waals surface area contributed by atoms with Crippen LogP contribution in [0.25, 0.3) is 0 Å². The molecule has 2 nitrogen and oxygen atoms in total. The molecule has 14 heavy (non-hydrogen) atoms. The topological polar surface area (TPSA) is 33.1 Å². The van der Waals surface area contributed by atoms with Crippen LogP contribution in [0.1, 0.15) is 25.0 Å². The molecule has 0 saturated heterocycles. The van der Waals surface area contributed by atoms with Crippen LogP contribution < -0.4 is 0 Å². The molecule has 0 radical (unpaired) electrons. The van der Waals surface area contributed by atoms with Gasteiger partial charge in [0.15, 0.2) is 0 Å². The molecule has 76 valence electrons. The predicted octanol–water partition coefficient (Wildman–Crippen LogP) is 2.55. The van der Waals surface area contributed by atoms with Crippen LogP contribution in [-0.4, -0.2) is 16.7 Å². The molecule has 1 aliphatic rings. The molecule has 1 aromatic heterocycles. The standard InChI is InChI=1S/C11H14BrNO/c12-9-2-3-10(13-7-9)6-11(8-14)4-1-5-11/h2-3,7,14H,1,4-6,8H2.